The predicted molar refractivity (Wildman–Crippen MR) is 115 cm³/mol. The standard InChI is InChI=1S/C22H25N5O3/c1-26-19-18(6-3-11-23-19)25-20(22(26)29)27-12-4-5-16(14-27)21(28)24-13-15-7-9-17(30-2)10-8-15/h3,6-11,16H,4-5,12-14H2,1-2H3,(H,24,28). The van der Waals surface area contributed by atoms with Crippen molar-refractivity contribution in [2.24, 2.45) is 13.0 Å². The first kappa shape index (κ1) is 19.9. The number of rotatable bonds is 5. The highest BCUT2D eigenvalue weighted by molar-refractivity contribution is 5.79. The van der Waals surface area contributed by atoms with Crippen molar-refractivity contribution in [2.75, 3.05) is 25.1 Å². The fourth-order valence-electron chi connectivity index (χ4n) is 3.81. The highest BCUT2D eigenvalue weighted by Gasteiger charge is 2.28. The maximum atomic E-state index is 12.8. The van der Waals surface area contributed by atoms with Crippen LogP contribution < -0.4 is 20.5 Å². The third-order valence-electron chi connectivity index (χ3n) is 5.52. The number of methoxy groups -OCH3 is 1. The fourth-order valence-corrected chi connectivity index (χ4v) is 3.81. The zero-order chi connectivity index (χ0) is 21.1. The van der Waals surface area contributed by atoms with Crippen molar-refractivity contribution in [3.63, 3.8) is 0 Å². The van der Waals surface area contributed by atoms with Gasteiger partial charge in [-0.1, -0.05) is 12.1 Å². The van der Waals surface area contributed by atoms with Crippen LogP contribution in [0.1, 0.15) is 18.4 Å². The number of aryl methyl sites for hydroxylation is 1. The Morgan fingerprint density at radius 3 is 2.83 bits per heavy atom. The second-order valence-electron chi connectivity index (χ2n) is 7.50. The molecule has 1 aromatic carbocycles. The first-order chi connectivity index (χ1) is 14.6. The lowest BCUT2D eigenvalue weighted by molar-refractivity contribution is -0.125. The summed E-state index contributed by atoms with van der Waals surface area (Å²) in [5.74, 6) is 0.973. The Morgan fingerprint density at radius 2 is 2.07 bits per heavy atom. The van der Waals surface area contributed by atoms with Crippen LogP contribution in [0.25, 0.3) is 11.2 Å². The summed E-state index contributed by atoms with van der Waals surface area (Å²) < 4.78 is 6.68. The molecule has 1 amide bonds. The molecule has 1 aliphatic heterocycles. The van der Waals surface area contributed by atoms with Crippen LogP contribution in [0.4, 0.5) is 5.82 Å². The van der Waals surface area contributed by atoms with Gasteiger partial charge in [0.1, 0.15) is 11.3 Å². The summed E-state index contributed by atoms with van der Waals surface area (Å²) >= 11 is 0. The van der Waals surface area contributed by atoms with Crippen LogP contribution in [0.2, 0.25) is 0 Å². The summed E-state index contributed by atoms with van der Waals surface area (Å²) in [6.07, 6.45) is 3.27. The molecule has 0 saturated carbocycles. The molecule has 156 valence electrons. The van der Waals surface area contributed by atoms with Gasteiger partial charge in [-0.15, -0.1) is 0 Å². The number of benzene rings is 1. The minimum atomic E-state index is -0.194. The van der Waals surface area contributed by atoms with Crippen LogP contribution >= 0.6 is 0 Å². The Labute approximate surface area is 174 Å². The zero-order valence-corrected chi connectivity index (χ0v) is 17.2. The highest BCUT2D eigenvalue weighted by Crippen LogP contribution is 2.21. The van der Waals surface area contributed by atoms with E-state index in [0.29, 0.717) is 36.6 Å². The Kier molecular flexibility index (Phi) is 5.65. The van der Waals surface area contributed by atoms with Gasteiger partial charge < -0.3 is 15.0 Å². The number of piperidine rings is 1. The lowest BCUT2D eigenvalue weighted by atomic mass is 9.97. The van der Waals surface area contributed by atoms with Crippen molar-refractivity contribution in [3.05, 3.63) is 58.5 Å². The van der Waals surface area contributed by atoms with E-state index in [0.717, 1.165) is 24.2 Å². The number of fused-ring (bicyclic) bond motifs is 1. The van der Waals surface area contributed by atoms with E-state index >= 15 is 0 Å². The average molecular weight is 407 g/mol. The molecule has 1 saturated heterocycles. The van der Waals surface area contributed by atoms with Crippen LogP contribution in [0.3, 0.4) is 0 Å². The fraction of sp³-hybridized carbons (Fsp3) is 0.364. The first-order valence-corrected chi connectivity index (χ1v) is 10.0. The molecule has 0 spiro atoms. The van der Waals surface area contributed by atoms with Gasteiger partial charge in [-0.3, -0.25) is 14.2 Å². The number of hydrogen-bond donors (Lipinski definition) is 1. The molecule has 0 aliphatic carbocycles. The largest absolute Gasteiger partial charge is 0.497 e. The number of nitrogens with one attached hydrogen (secondary N) is 1. The molecular formula is C22H25N5O3. The van der Waals surface area contributed by atoms with Crippen molar-refractivity contribution in [2.45, 2.75) is 19.4 Å². The van der Waals surface area contributed by atoms with Gasteiger partial charge >= 0.3 is 0 Å². The van der Waals surface area contributed by atoms with Crippen molar-refractivity contribution >= 4 is 22.9 Å². The number of pyridine rings is 1. The van der Waals surface area contributed by atoms with E-state index in [1.165, 1.54) is 4.57 Å². The second-order valence-corrected chi connectivity index (χ2v) is 7.50. The molecule has 1 unspecified atom stereocenters. The summed E-state index contributed by atoms with van der Waals surface area (Å²) in [6.45, 7) is 1.64. The number of carbonyl (C=O) groups is 1. The maximum Gasteiger partial charge on any atom is 0.294 e. The Bertz CT molecular complexity index is 1110. The van der Waals surface area contributed by atoms with E-state index in [9.17, 15) is 9.59 Å². The van der Waals surface area contributed by atoms with E-state index in [2.05, 4.69) is 15.3 Å². The highest BCUT2D eigenvalue weighted by atomic mass is 16.5. The quantitative estimate of drug-likeness (QED) is 0.695. The third-order valence-corrected chi connectivity index (χ3v) is 5.52. The molecule has 4 rings (SSSR count). The van der Waals surface area contributed by atoms with Gasteiger partial charge in [0.15, 0.2) is 11.5 Å². The zero-order valence-electron chi connectivity index (χ0n) is 17.2. The number of hydrogen-bond acceptors (Lipinski definition) is 6. The van der Waals surface area contributed by atoms with Crippen LogP contribution in [-0.2, 0) is 18.4 Å². The minimum absolute atomic E-state index is 0.00482. The van der Waals surface area contributed by atoms with Crippen molar-refractivity contribution < 1.29 is 9.53 Å². The van der Waals surface area contributed by atoms with Gasteiger partial charge in [-0.2, -0.15) is 0 Å². The van der Waals surface area contributed by atoms with Crippen LogP contribution in [0.5, 0.6) is 5.75 Å². The summed E-state index contributed by atoms with van der Waals surface area (Å²) in [4.78, 5) is 36.3. The molecule has 1 N–H and O–H groups in total. The first-order valence-electron chi connectivity index (χ1n) is 10.0. The summed E-state index contributed by atoms with van der Waals surface area (Å²) in [7, 11) is 3.33. The van der Waals surface area contributed by atoms with Gasteiger partial charge in [0.25, 0.3) is 5.56 Å². The number of carbonyl (C=O) groups excluding carboxylic acids is 1. The average Bonchev–Trinajstić information content (AvgIpc) is 2.80. The van der Waals surface area contributed by atoms with E-state index in [1.807, 2.05) is 35.2 Å². The van der Waals surface area contributed by atoms with Crippen LogP contribution in [-0.4, -0.2) is 40.6 Å². The van der Waals surface area contributed by atoms with E-state index < -0.39 is 0 Å². The van der Waals surface area contributed by atoms with Crippen molar-refractivity contribution in [1.82, 2.24) is 19.9 Å². The normalized spacial score (nSPS) is 16.5. The topological polar surface area (TPSA) is 89.3 Å². The van der Waals surface area contributed by atoms with Gasteiger partial charge in [-0.05, 0) is 42.7 Å². The van der Waals surface area contributed by atoms with E-state index in [4.69, 9.17) is 4.74 Å². The monoisotopic (exact) mass is 407 g/mol. The molecule has 1 aliphatic rings. The van der Waals surface area contributed by atoms with E-state index in [-0.39, 0.29) is 17.4 Å². The summed E-state index contributed by atoms with van der Waals surface area (Å²) in [6, 6.07) is 11.3. The molecule has 3 heterocycles. The number of anilines is 1. The molecule has 0 radical (unpaired) electrons. The maximum absolute atomic E-state index is 12.8. The Morgan fingerprint density at radius 1 is 1.27 bits per heavy atom. The molecule has 1 atom stereocenters. The van der Waals surface area contributed by atoms with Crippen LogP contribution in [0.15, 0.2) is 47.4 Å². The Balaban J connectivity index is 1.46. The third kappa shape index (κ3) is 3.98. The number of aromatic nitrogens is 3. The SMILES string of the molecule is COc1ccc(CNC(=O)C2CCCN(c3nc4cccnc4n(C)c3=O)C2)cc1. The van der Waals surface area contributed by atoms with E-state index in [1.54, 1.807) is 26.4 Å². The number of amides is 1. The van der Waals surface area contributed by atoms with Gasteiger partial charge in [0, 0.05) is 32.9 Å². The lowest BCUT2D eigenvalue weighted by Gasteiger charge is -2.32. The molecule has 30 heavy (non-hydrogen) atoms. The minimum Gasteiger partial charge on any atom is -0.497 e. The van der Waals surface area contributed by atoms with Crippen molar-refractivity contribution in [1.29, 1.82) is 0 Å². The predicted octanol–water partition coefficient (Wildman–Crippen LogP) is 1.87. The molecule has 0 bridgehead atoms. The number of nitrogens with zero attached hydrogens (tertiary/aromatic N) is 4. The van der Waals surface area contributed by atoms with Crippen molar-refractivity contribution in [3.8, 4) is 5.75 Å². The molecule has 8 heteroatoms. The molecule has 2 aromatic heterocycles. The van der Waals surface area contributed by atoms with Gasteiger partial charge in [0.05, 0.1) is 13.0 Å². The summed E-state index contributed by atoms with van der Waals surface area (Å²) in [5.41, 5.74) is 2.03. The lowest BCUT2D eigenvalue weighted by Crippen LogP contribution is -2.45. The second kappa shape index (κ2) is 8.52. The smallest absolute Gasteiger partial charge is 0.294 e. The van der Waals surface area contributed by atoms with Crippen LogP contribution in [0, 0.1) is 5.92 Å². The molecule has 1 fully saturated rings. The molecule has 8 nitrogen and oxygen atoms in total. The number of ether oxygens (including phenoxy) is 1. The van der Waals surface area contributed by atoms with Gasteiger partial charge in [0.2, 0.25) is 5.91 Å². The molecule has 3 aromatic rings. The molecular weight excluding hydrogens is 382 g/mol. The Hall–Kier alpha value is -3.42. The van der Waals surface area contributed by atoms with Gasteiger partial charge in [-0.25, -0.2) is 9.97 Å². The summed E-state index contributed by atoms with van der Waals surface area (Å²) in [5, 5.41) is 3.01.